The number of hydrogen-bond acceptors (Lipinski definition) is 6. The minimum atomic E-state index is -0.969. The normalized spacial score (nSPS) is 16.8. The van der Waals surface area contributed by atoms with Gasteiger partial charge in [-0.05, 0) is 59.0 Å². The van der Waals surface area contributed by atoms with Crippen LogP contribution < -0.4 is 14.5 Å². The molecule has 0 spiro atoms. The van der Waals surface area contributed by atoms with Gasteiger partial charge >= 0.3 is 5.97 Å². The van der Waals surface area contributed by atoms with Crippen LogP contribution in [-0.4, -0.2) is 49.1 Å². The highest BCUT2D eigenvalue weighted by molar-refractivity contribution is 6.51. The fraction of sp³-hybridized carbons (Fsp3) is 0.281. The molecular weight excluding hydrogens is 508 g/mol. The SMILES string of the molecule is COc1ccc(/C(O)=C2/C(=O)C(=O)N(c3ccc(CC(=O)O)cc3)C2c2ccc(N(C)C)cc2)cc1C(C)(C)C. The lowest BCUT2D eigenvalue weighted by Gasteiger charge is -2.26. The molecular formula is C32H34N2O6. The van der Waals surface area contributed by atoms with E-state index in [9.17, 15) is 19.5 Å². The first kappa shape index (κ1) is 28.4. The predicted molar refractivity (Wildman–Crippen MR) is 155 cm³/mol. The van der Waals surface area contributed by atoms with Gasteiger partial charge in [0.1, 0.15) is 11.5 Å². The summed E-state index contributed by atoms with van der Waals surface area (Å²) >= 11 is 0. The van der Waals surface area contributed by atoms with E-state index < -0.39 is 23.7 Å². The van der Waals surface area contributed by atoms with Crippen LogP contribution >= 0.6 is 0 Å². The summed E-state index contributed by atoms with van der Waals surface area (Å²) in [5.74, 6) is -2.18. The molecule has 1 unspecified atom stereocenters. The fourth-order valence-corrected chi connectivity index (χ4v) is 4.91. The van der Waals surface area contributed by atoms with Gasteiger partial charge < -0.3 is 19.8 Å². The molecule has 0 aromatic heterocycles. The third kappa shape index (κ3) is 5.43. The molecule has 3 aromatic rings. The standard InChI is InChI=1S/C32H34N2O6/c1-32(2,3)24-18-21(11-16-25(24)40-6)29(37)27-28(20-9-14-22(15-10-20)33(4)5)34(31(39)30(27)38)23-12-7-19(8-13-23)17-26(35)36/h7-16,18,28,37H,17H2,1-6H3,(H,35,36)/b29-27-. The number of ketones is 1. The van der Waals surface area contributed by atoms with Crippen molar-refractivity contribution in [1.29, 1.82) is 0 Å². The van der Waals surface area contributed by atoms with Crippen molar-refractivity contribution in [3.05, 3.63) is 94.6 Å². The van der Waals surface area contributed by atoms with Gasteiger partial charge in [-0.3, -0.25) is 19.3 Å². The number of methoxy groups -OCH3 is 1. The highest BCUT2D eigenvalue weighted by Gasteiger charge is 2.47. The second-order valence-electron chi connectivity index (χ2n) is 11.1. The topological polar surface area (TPSA) is 107 Å². The average molecular weight is 543 g/mol. The van der Waals surface area contributed by atoms with Crippen LogP contribution in [0.15, 0.2) is 72.3 Å². The number of aliphatic hydroxyl groups is 1. The van der Waals surface area contributed by atoms with E-state index in [2.05, 4.69) is 0 Å². The number of ether oxygens (including phenoxy) is 1. The quantitative estimate of drug-likeness (QED) is 0.237. The van der Waals surface area contributed by atoms with Gasteiger partial charge in [0.25, 0.3) is 11.7 Å². The summed E-state index contributed by atoms with van der Waals surface area (Å²) in [6.45, 7) is 6.07. The van der Waals surface area contributed by atoms with Crippen LogP contribution in [0, 0.1) is 0 Å². The molecule has 1 heterocycles. The van der Waals surface area contributed by atoms with E-state index >= 15 is 0 Å². The molecule has 0 radical (unpaired) electrons. The molecule has 8 nitrogen and oxygen atoms in total. The van der Waals surface area contributed by atoms with E-state index in [4.69, 9.17) is 9.84 Å². The third-order valence-corrected chi connectivity index (χ3v) is 7.02. The Kier molecular flexibility index (Phi) is 7.73. The van der Waals surface area contributed by atoms with E-state index in [1.54, 1.807) is 49.6 Å². The van der Waals surface area contributed by atoms with E-state index in [-0.39, 0.29) is 23.2 Å². The number of rotatable bonds is 7. The van der Waals surface area contributed by atoms with Crippen molar-refractivity contribution in [1.82, 2.24) is 0 Å². The molecule has 1 atom stereocenters. The largest absolute Gasteiger partial charge is 0.507 e. The Bertz CT molecular complexity index is 1480. The molecule has 1 saturated heterocycles. The summed E-state index contributed by atoms with van der Waals surface area (Å²) < 4.78 is 5.53. The Balaban J connectivity index is 1.91. The molecule has 1 fully saturated rings. The lowest BCUT2D eigenvalue weighted by atomic mass is 9.84. The Morgan fingerprint density at radius 3 is 2.10 bits per heavy atom. The van der Waals surface area contributed by atoms with Crippen LogP contribution in [0.2, 0.25) is 0 Å². The molecule has 0 aliphatic carbocycles. The maximum Gasteiger partial charge on any atom is 0.307 e. The summed E-state index contributed by atoms with van der Waals surface area (Å²) in [7, 11) is 5.40. The molecule has 4 rings (SSSR count). The number of carboxylic acids is 1. The molecule has 0 saturated carbocycles. The highest BCUT2D eigenvalue weighted by Crippen LogP contribution is 2.43. The number of aliphatic hydroxyl groups excluding tert-OH is 1. The van der Waals surface area contributed by atoms with Gasteiger partial charge in [0, 0.05) is 36.6 Å². The van der Waals surface area contributed by atoms with Gasteiger partial charge in [-0.25, -0.2) is 0 Å². The van der Waals surface area contributed by atoms with Crippen molar-refractivity contribution >= 4 is 34.8 Å². The number of amides is 1. The summed E-state index contributed by atoms with van der Waals surface area (Å²) in [5, 5.41) is 20.7. The smallest absolute Gasteiger partial charge is 0.307 e. The van der Waals surface area contributed by atoms with Crippen LogP contribution in [0.3, 0.4) is 0 Å². The maximum atomic E-state index is 13.6. The number of Topliss-reactive ketones (excluding diaryl/α,β-unsaturated/α-hetero) is 1. The highest BCUT2D eigenvalue weighted by atomic mass is 16.5. The van der Waals surface area contributed by atoms with Crippen LogP contribution in [0.4, 0.5) is 11.4 Å². The fourth-order valence-electron chi connectivity index (χ4n) is 4.91. The number of carboxylic acid groups (broad SMARTS) is 1. The number of carbonyl (C=O) groups excluding carboxylic acids is 2. The third-order valence-electron chi connectivity index (χ3n) is 7.02. The average Bonchev–Trinajstić information content (AvgIpc) is 3.17. The van der Waals surface area contributed by atoms with E-state index in [1.165, 1.54) is 4.90 Å². The molecule has 208 valence electrons. The summed E-state index contributed by atoms with van der Waals surface area (Å²) in [6.07, 6.45) is -0.165. The van der Waals surface area contributed by atoms with Crippen molar-refractivity contribution < 1.29 is 29.3 Å². The van der Waals surface area contributed by atoms with Gasteiger partial charge in [0.2, 0.25) is 0 Å². The lowest BCUT2D eigenvalue weighted by molar-refractivity contribution is -0.136. The Labute approximate surface area is 234 Å². The summed E-state index contributed by atoms with van der Waals surface area (Å²) in [6, 6.07) is 18.2. The second kappa shape index (κ2) is 10.9. The maximum absolute atomic E-state index is 13.6. The first-order valence-corrected chi connectivity index (χ1v) is 12.9. The van der Waals surface area contributed by atoms with Crippen LogP contribution in [-0.2, 0) is 26.2 Å². The van der Waals surface area contributed by atoms with E-state index in [0.717, 1.165) is 11.3 Å². The molecule has 1 aliphatic rings. The minimum absolute atomic E-state index is 0.0257. The number of anilines is 2. The molecule has 2 N–H and O–H groups in total. The molecule has 1 amide bonds. The van der Waals surface area contributed by atoms with Crippen molar-refractivity contribution in [3.63, 3.8) is 0 Å². The Morgan fingerprint density at radius 1 is 0.950 bits per heavy atom. The molecule has 40 heavy (non-hydrogen) atoms. The van der Waals surface area contributed by atoms with E-state index in [0.29, 0.717) is 28.1 Å². The van der Waals surface area contributed by atoms with Crippen LogP contribution in [0.25, 0.3) is 5.76 Å². The zero-order chi connectivity index (χ0) is 29.4. The van der Waals surface area contributed by atoms with Gasteiger partial charge in [0.15, 0.2) is 0 Å². The number of aliphatic carboxylic acids is 1. The number of nitrogens with zero attached hydrogens (tertiary/aromatic N) is 2. The Hall–Kier alpha value is -4.59. The predicted octanol–water partition coefficient (Wildman–Crippen LogP) is 5.31. The van der Waals surface area contributed by atoms with Gasteiger partial charge in [-0.15, -0.1) is 0 Å². The summed E-state index contributed by atoms with van der Waals surface area (Å²) in [5.41, 5.74) is 3.46. The van der Waals surface area contributed by atoms with Crippen molar-refractivity contribution in [3.8, 4) is 5.75 Å². The second-order valence-corrected chi connectivity index (χ2v) is 11.1. The van der Waals surface area contributed by atoms with Gasteiger partial charge in [0.05, 0.1) is 25.1 Å². The lowest BCUT2D eigenvalue weighted by Crippen LogP contribution is -2.29. The first-order valence-electron chi connectivity index (χ1n) is 12.9. The number of benzene rings is 3. The molecule has 3 aromatic carbocycles. The number of hydrogen-bond donors (Lipinski definition) is 2. The molecule has 1 aliphatic heterocycles. The van der Waals surface area contributed by atoms with Crippen LogP contribution in [0.5, 0.6) is 5.75 Å². The van der Waals surface area contributed by atoms with Gasteiger partial charge in [-0.2, -0.15) is 0 Å². The number of carbonyl (C=O) groups is 3. The molecule has 0 bridgehead atoms. The zero-order valence-corrected chi connectivity index (χ0v) is 23.6. The first-order chi connectivity index (χ1) is 18.8. The summed E-state index contributed by atoms with van der Waals surface area (Å²) in [4.78, 5) is 41.5. The minimum Gasteiger partial charge on any atom is -0.507 e. The van der Waals surface area contributed by atoms with Crippen LogP contribution in [0.1, 0.15) is 49.1 Å². The van der Waals surface area contributed by atoms with Crippen molar-refractivity contribution in [2.45, 2.75) is 38.6 Å². The Morgan fingerprint density at radius 2 is 1.57 bits per heavy atom. The molecule has 8 heteroatoms. The van der Waals surface area contributed by atoms with E-state index in [1.807, 2.05) is 64.0 Å². The zero-order valence-electron chi connectivity index (χ0n) is 23.6. The van der Waals surface area contributed by atoms with Crippen molar-refractivity contribution in [2.24, 2.45) is 0 Å². The van der Waals surface area contributed by atoms with Gasteiger partial charge in [-0.1, -0.05) is 45.0 Å². The monoisotopic (exact) mass is 542 g/mol. The van der Waals surface area contributed by atoms with Crippen molar-refractivity contribution in [2.75, 3.05) is 31.0 Å².